The molecule has 71 heavy (non-hydrogen) atoms. The fourth-order valence-corrected chi connectivity index (χ4v) is 7.10. The normalized spacial score (nSPS) is 13.2. The minimum absolute atomic E-state index is 0.109. The summed E-state index contributed by atoms with van der Waals surface area (Å²) in [6, 6.07) is 0. The molecule has 0 aromatic heterocycles. The van der Waals surface area contributed by atoms with E-state index in [1.54, 1.807) is 0 Å². The maximum Gasteiger partial charge on any atom is 0.306 e. The molecule has 1 unspecified atom stereocenters. The van der Waals surface area contributed by atoms with Crippen LogP contribution in [-0.4, -0.2) is 37.2 Å². The minimum atomic E-state index is -0.815. The molecule has 0 aliphatic rings. The highest BCUT2D eigenvalue weighted by Crippen LogP contribution is 2.12. The van der Waals surface area contributed by atoms with Crippen LogP contribution in [0.3, 0.4) is 0 Å². The highest BCUT2D eigenvalue weighted by molar-refractivity contribution is 5.71. The van der Waals surface area contributed by atoms with Gasteiger partial charge in [-0.3, -0.25) is 14.4 Å². The Kier molecular flexibility index (Phi) is 54.0. The second-order valence-electron chi connectivity index (χ2n) is 18.1. The van der Waals surface area contributed by atoms with Gasteiger partial charge in [0.15, 0.2) is 6.10 Å². The summed E-state index contributed by atoms with van der Waals surface area (Å²) in [5.41, 5.74) is 0. The molecule has 0 radical (unpaired) electrons. The van der Waals surface area contributed by atoms with Crippen LogP contribution in [-0.2, 0) is 28.6 Å². The average Bonchev–Trinajstić information content (AvgIpc) is 3.37. The second kappa shape index (κ2) is 57.9. The molecule has 6 nitrogen and oxygen atoms in total. The quantitative estimate of drug-likeness (QED) is 0.0262. The number of ether oxygens (including phenoxy) is 3. The Bertz CT molecular complexity index is 1590. The first-order chi connectivity index (χ1) is 35.0. The Morgan fingerprint density at radius 1 is 0.296 bits per heavy atom. The minimum Gasteiger partial charge on any atom is -0.462 e. The van der Waals surface area contributed by atoms with E-state index >= 15 is 0 Å². The summed E-state index contributed by atoms with van der Waals surface area (Å²) in [5.74, 6) is -0.985. The lowest BCUT2D eigenvalue weighted by atomic mass is 10.1. The summed E-state index contributed by atoms with van der Waals surface area (Å²) >= 11 is 0. The van der Waals surface area contributed by atoms with E-state index in [1.165, 1.54) is 25.7 Å². The number of carbonyl (C=O) groups excluding carboxylic acids is 3. The zero-order chi connectivity index (χ0) is 51.4. The fourth-order valence-electron chi connectivity index (χ4n) is 7.10. The molecule has 0 aromatic carbocycles. The average molecular weight is 980 g/mol. The van der Waals surface area contributed by atoms with Crippen molar-refractivity contribution in [2.75, 3.05) is 13.2 Å². The molecule has 0 rings (SSSR count). The molecule has 0 N–H and O–H groups in total. The monoisotopic (exact) mass is 979 g/mol. The van der Waals surface area contributed by atoms with E-state index < -0.39 is 6.10 Å². The topological polar surface area (TPSA) is 78.9 Å². The van der Waals surface area contributed by atoms with Crippen LogP contribution in [0.5, 0.6) is 0 Å². The number of unbranched alkanes of at least 4 members (excludes halogenated alkanes) is 14. The third-order valence-electron chi connectivity index (χ3n) is 11.3. The predicted molar refractivity (Wildman–Crippen MR) is 306 cm³/mol. The summed E-state index contributed by atoms with van der Waals surface area (Å²) in [5, 5.41) is 0. The lowest BCUT2D eigenvalue weighted by molar-refractivity contribution is -0.167. The highest BCUT2D eigenvalue weighted by Gasteiger charge is 2.19. The third-order valence-corrected chi connectivity index (χ3v) is 11.3. The molecule has 0 fully saturated rings. The maximum atomic E-state index is 12.8. The van der Waals surface area contributed by atoms with Crippen molar-refractivity contribution in [2.45, 2.75) is 232 Å². The van der Waals surface area contributed by atoms with Crippen molar-refractivity contribution in [3.63, 3.8) is 0 Å². The van der Waals surface area contributed by atoms with E-state index in [1.807, 2.05) is 0 Å². The molecule has 398 valence electrons. The smallest absolute Gasteiger partial charge is 0.306 e. The summed E-state index contributed by atoms with van der Waals surface area (Å²) in [7, 11) is 0. The van der Waals surface area contributed by atoms with Crippen molar-refractivity contribution in [2.24, 2.45) is 0 Å². The Hall–Kier alpha value is -4.71. The van der Waals surface area contributed by atoms with Crippen LogP contribution >= 0.6 is 0 Å². The van der Waals surface area contributed by atoms with Crippen molar-refractivity contribution in [3.05, 3.63) is 146 Å². The standard InChI is InChI=1S/C65H102O6/c1-4-7-10-13-16-19-22-24-26-28-29-30-31-32-33-34-35-37-38-40-43-46-49-52-55-58-64(67)70-61-62(60-69-63(66)57-54-51-48-45-42-21-18-15-12-9-6-3)71-65(68)59-56-53-50-47-44-41-39-36-27-25-23-20-17-14-11-8-5-2/h7-8,10-11,15-20,24-27,29-30,32-33,35,37,39-41,43,62H,4-6,9,12-14,21-23,28,31,34,36,38,42,44-61H2,1-3H3/b10-7-,11-8-,18-15-,19-16-,20-17-,26-24-,27-25-,30-29-,33-32-,37-35-,41-39-,43-40-. The molecule has 0 saturated carbocycles. The van der Waals surface area contributed by atoms with Gasteiger partial charge in [0.25, 0.3) is 0 Å². The number of esters is 3. The second-order valence-corrected chi connectivity index (χ2v) is 18.1. The zero-order valence-corrected chi connectivity index (χ0v) is 45.4. The first-order valence-electron chi connectivity index (χ1n) is 28.3. The number of allylic oxidation sites excluding steroid dienone is 24. The van der Waals surface area contributed by atoms with Crippen molar-refractivity contribution in [1.82, 2.24) is 0 Å². The van der Waals surface area contributed by atoms with E-state index in [4.69, 9.17) is 14.2 Å². The Morgan fingerprint density at radius 3 is 0.887 bits per heavy atom. The number of rotatable bonds is 49. The van der Waals surface area contributed by atoms with Gasteiger partial charge in [-0.2, -0.15) is 0 Å². The van der Waals surface area contributed by atoms with Gasteiger partial charge in [0.1, 0.15) is 13.2 Å². The Labute approximate surface area is 436 Å². The van der Waals surface area contributed by atoms with Crippen molar-refractivity contribution >= 4 is 17.9 Å². The molecule has 0 bridgehead atoms. The van der Waals surface area contributed by atoms with Gasteiger partial charge >= 0.3 is 17.9 Å². The number of carbonyl (C=O) groups is 3. The predicted octanol–water partition coefficient (Wildman–Crippen LogP) is 19.2. The van der Waals surface area contributed by atoms with Gasteiger partial charge in [0.2, 0.25) is 0 Å². The first-order valence-corrected chi connectivity index (χ1v) is 28.3. The fraction of sp³-hybridized carbons (Fsp3) is 0.585. The molecule has 0 spiro atoms. The summed E-state index contributed by atoms with van der Waals surface area (Å²) in [4.78, 5) is 38.1. The molecule has 0 aromatic rings. The van der Waals surface area contributed by atoms with Gasteiger partial charge in [0, 0.05) is 19.3 Å². The van der Waals surface area contributed by atoms with E-state index in [0.717, 1.165) is 161 Å². The first kappa shape index (κ1) is 66.3. The lowest BCUT2D eigenvalue weighted by Crippen LogP contribution is -2.30. The van der Waals surface area contributed by atoms with Gasteiger partial charge in [-0.05, 0) is 135 Å². The van der Waals surface area contributed by atoms with Gasteiger partial charge in [-0.1, -0.05) is 218 Å². The molecular weight excluding hydrogens is 877 g/mol. The molecule has 0 saturated heterocycles. The SMILES string of the molecule is CC/C=C\C/C=C\C/C=C\C/C=C\C/C=C\C/C=C\C/C=C\CCCCCC(=O)OCC(COC(=O)CCCCCCC/C=C\CCCC)OC(=O)CCCCCC/C=C\C/C=C\C/C=C\C/C=C\CC. The molecule has 0 heterocycles. The van der Waals surface area contributed by atoms with Gasteiger partial charge in [-0.25, -0.2) is 0 Å². The van der Waals surface area contributed by atoms with Crippen molar-refractivity contribution in [1.29, 1.82) is 0 Å². The summed E-state index contributed by atoms with van der Waals surface area (Å²) < 4.78 is 16.8. The van der Waals surface area contributed by atoms with Gasteiger partial charge in [-0.15, -0.1) is 0 Å². The molecule has 0 aliphatic carbocycles. The third kappa shape index (κ3) is 56.1. The molecule has 1 atom stereocenters. The van der Waals surface area contributed by atoms with E-state index in [2.05, 4.69) is 167 Å². The lowest BCUT2D eigenvalue weighted by Gasteiger charge is -2.18. The van der Waals surface area contributed by atoms with Crippen molar-refractivity contribution < 1.29 is 28.6 Å². The van der Waals surface area contributed by atoms with Gasteiger partial charge < -0.3 is 14.2 Å². The molecule has 6 heteroatoms. The van der Waals surface area contributed by atoms with Gasteiger partial charge in [0.05, 0.1) is 0 Å². The van der Waals surface area contributed by atoms with Crippen LogP contribution in [0.25, 0.3) is 0 Å². The van der Waals surface area contributed by atoms with E-state index in [-0.39, 0.29) is 37.5 Å². The molecule has 0 aliphatic heterocycles. The van der Waals surface area contributed by atoms with Crippen LogP contribution < -0.4 is 0 Å². The Morgan fingerprint density at radius 2 is 0.549 bits per heavy atom. The highest BCUT2D eigenvalue weighted by atomic mass is 16.6. The van der Waals surface area contributed by atoms with Crippen LogP contribution in [0.4, 0.5) is 0 Å². The van der Waals surface area contributed by atoms with Crippen LogP contribution in [0, 0.1) is 0 Å². The summed E-state index contributed by atoms with van der Waals surface area (Å²) in [6.07, 6.45) is 82.7. The van der Waals surface area contributed by atoms with E-state index in [0.29, 0.717) is 12.8 Å². The zero-order valence-electron chi connectivity index (χ0n) is 45.4. The number of hydrogen-bond donors (Lipinski definition) is 0. The van der Waals surface area contributed by atoms with E-state index in [9.17, 15) is 14.4 Å². The summed E-state index contributed by atoms with van der Waals surface area (Å²) in [6.45, 7) is 6.30. The molecule has 0 amide bonds. The van der Waals surface area contributed by atoms with Crippen LogP contribution in [0.15, 0.2) is 146 Å². The van der Waals surface area contributed by atoms with Crippen LogP contribution in [0.2, 0.25) is 0 Å². The number of hydrogen-bond acceptors (Lipinski definition) is 6. The Balaban J connectivity index is 4.46. The largest absolute Gasteiger partial charge is 0.462 e. The maximum absolute atomic E-state index is 12.8. The van der Waals surface area contributed by atoms with Crippen LogP contribution in [0.1, 0.15) is 226 Å². The molecular formula is C65H102O6. The van der Waals surface area contributed by atoms with Crippen molar-refractivity contribution in [3.8, 4) is 0 Å².